The van der Waals surface area contributed by atoms with Gasteiger partial charge in [-0.15, -0.1) is 0 Å². The van der Waals surface area contributed by atoms with Crippen LogP contribution in [0.5, 0.6) is 0 Å². The number of fused-ring (bicyclic) bond motifs is 1. The quantitative estimate of drug-likeness (QED) is 0.511. The molecule has 5 nitrogen and oxygen atoms in total. The molecule has 3 N–H and O–H groups in total. The molecule has 76 valence electrons. The largest absolute Gasteiger partial charge is 0.324 e. The molecule has 0 spiro atoms. The molecule has 1 aliphatic heterocycles. The number of hydrogen-bond acceptors (Lipinski definition) is 4. The predicted octanol–water partition coefficient (Wildman–Crippen LogP) is -0.288. The lowest BCUT2D eigenvalue weighted by Crippen LogP contribution is -2.21. The Balaban J connectivity index is 2.65. The van der Waals surface area contributed by atoms with Crippen LogP contribution in [0.1, 0.15) is 31.1 Å². The SMILES string of the molecule is NCC(=O)c1cccc2c1C(=O)NC2=O. The van der Waals surface area contributed by atoms with Crippen LogP contribution in [0.4, 0.5) is 0 Å². The van der Waals surface area contributed by atoms with Gasteiger partial charge in [-0.2, -0.15) is 0 Å². The van der Waals surface area contributed by atoms with E-state index in [4.69, 9.17) is 5.73 Å². The molecule has 15 heavy (non-hydrogen) atoms. The van der Waals surface area contributed by atoms with Gasteiger partial charge >= 0.3 is 0 Å². The summed E-state index contributed by atoms with van der Waals surface area (Å²) in [5.74, 6) is -1.36. The minimum absolute atomic E-state index is 0.137. The van der Waals surface area contributed by atoms with E-state index in [9.17, 15) is 14.4 Å². The average molecular weight is 204 g/mol. The molecule has 1 heterocycles. The molecule has 0 fully saturated rings. The summed E-state index contributed by atoms with van der Waals surface area (Å²) in [5, 5.41) is 2.13. The van der Waals surface area contributed by atoms with Gasteiger partial charge in [-0.25, -0.2) is 0 Å². The maximum absolute atomic E-state index is 11.4. The second kappa shape index (κ2) is 3.29. The van der Waals surface area contributed by atoms with E-state index in [-0.39, 0.29) is 29.0 Å². The van der Waals surface area contributed by atoms with Gasteiger partial charge in [-0.3, -0.25) is 19.7 Å². The summed E-state index contributed by atoms with van der Waals surface area (Å²) in [5.41, 5.74) is 5.79. The molecule has 0 atom stereocenters. The van der Waals surface area contributed by atoms with E-state index in [0.29, 0.717) is 0 Å². The van der Waals surface area contributed by atoms with E-state index in [0.717, 1.165) is 0 Å². The van der Waals surface area contributed by atoms with Crippen LogP contribution in [0.2, 0.25) is 0 Å². The van der Waals surface area contributed by atoms with Crippen molar-refractivity contribution in [2.45, 2.75) is 0 Å². The highest BCUT2D eigenvalue weighted by molar-refractivity contribution is 6.25. The van der Waals surface area contributed by atoms with Crippen molar-refractivity contribution < 1.29 is 14.4 Å². The zero-order valence-electron chi connectivity index (χ0n) is 7.74. The number of rotatable bonds is 2. The molecule has 0 unspecified atom stereocenters. The summed E-state index contributed by atoms with van der Waals surface area (Å²) < 4.78 is 0. The molecular weight excluding hydrogens is 196 g/mol. The molecule has 1 aromatic carbocycles. The van der Waals surface area contributed by atoms with E-state index in [1.807, 2.05) is 0 Å². The second-order valence-corrected chi connectivity index (χ2v) is 3.14. The number of amides is 2. The number of carbonyl (C=O) groups excluding carboxylic acids is 3. The van der Waals surface area contributed by atoms with E-state index in [1.54, 1.807) is 6.07 Å². The van der Waals surface area contributed by atoms with Gasteiger partial charge in [0.15, 0.2) is 5.78 Å². The number of imide groups is 1. The van der Waals surface area contributed by atoms with Crippen molar-refractivity contribution in [3.8, 4) is 0 Å². The minimum atomic E-state index is -0.535. The van der Waals surface area contributed by atoms with Gasteiger partial charge in [0.25, 0.3) is 11.8 Å². The molecule has 1 aromatic rings. The van der Waals surface area contributed by atoms with Gasteiger partial charge < -0.3 is 5.73 Å². The molecule has 0 saturated carbocycles. The first-order valence-electron chi connectivity index (χ1n) is 4.37. The number of carbonyl (C=O) groups is 3. The maximum Gasteiger partial charge on any atom is 0.259 e. The van der Waals surface area contributed by atoms with Crippen LogP contribution in [-0.2, 0) is 0 Å². The molecule has 5 heteroatoms. The molecule has 1 aliphatic rings. The van der Waals surface area contributed by atoms with E-state index in [1.165, 1.54) is 12.1 Å². The zero-order chi connectivity index (χ0) is 11.0. The third-order valence-corrected chi connectivity index (χ3v) is 2.25. The molecule has 0 aromatic heterocycles. The molecular formula is C10H8N2O3. The van der Waals surface area contributed by atoms with Crippen molar-refractivity contribution in [1.29, 1.82) is 0 Å². The van der Waals surface area contributed by atoms with Crippen molar-refractivity contribution >= 4 is 17.6 Å². The Kier molecular flexibility index (Phi) is 2.09. The normalized spacial score (nSPS) is 13.7. The average Bonchev–Trinajstić information content (AvgIpc) is 2.54. The second-order valence-electron chi connectivity index (χ2n) is 3.14. The lowest BCUT2D eigenvalue weighted by atomic mass is 10.00. The van der Waals surface area contributed by atoms with E-state index < -0.39 is 11.8 Å². The van der Waals surface area contributed by atoms with Crippen LogP contribution in [0.3, 0.4) is 0 Å². The maximum atomic E-state index is 11.4. The monoisotopic (exact) mass is 204 g/mol. The van der Waals surface area contributed by atoms with Gasteiger partial charge in [0.05, 0.1) is 17.7 Å². The molecule has 0 saturated heterocycles. The Morgan fingerprint density at radius 3 is 2.67 bits per heavy atom. The summed E-state index contributed by atoms with van der Waals surface area (Å²) in [6, 6.07) is 4.55. The van der Waals surface area contributed by atoms with Crippen molar-refractivity contribution in [3.63, 3.8) is 0 Å². The van der Waals surface area contributed by atoms with Crippen LogP contribution >= 0.6 is 0 Å². The Hall–Kier alpha value is -2.01. The highest BCUT2D eigenvalue weighted by Crippen LogP contribution is 2.20. The van der Waals surface area contributed by atoms with Crippen LogP contribution in [0.25, 0.3) is 0 Å². The number of ketones is 1. The van der Waals surface area contributed by atoms with Crippen molar-refractivity contribution in [1.82, 2.24) is 5.32 Å². The van der Waals surface area contributed by atoms with Gasteiger partial charge in [0.2, 0.25) is 0 Å². The summed E-state index contributed by atoms with van der Waals surface area (Å²) in [4.78, 5) is 34.1. The Morgan fingerprint density at radius 1 is 1.27 bits per heavy atom. The van der Waals surface area contributed by atoms with Crippen molar-refractivity contribution in [3.05, 3.63) is 34.9 Å². The lowest BCUT2D eigenvalue weighted by Gasteiger charge is -2.02. The van der Waals surface area contributed by atoms with E-state index >= 15 is 0 Å². The van der Waals surface area contributed by atoms with Gasteiger partial charge in [-0.1, -0.05) is 12.1 Å². The smallest absolute Gasteiger partial charge is 0.259 e. The van der Waals surface area contributed by atoms with Crippen LogP contribution in [0, 0.1) is 0 Å². The van der Waals surface area contributed by atoms with Crippen LogP contribution in [0.15, 0.2) is 18.2 Å². The predicted molar refractivity (Wildman–Crippen MR) is 51.6 cm³/mol. The van der Waals surface area contributed by atoms with Gasteiger partial charge in [0, 0.05) is 5.56 Å². The Bertz CT molecular complexity index is 480. The first-order valence-corrected chi connectivity index (χ1v) is 4.37. The standard InChI is InChI=1S/C10H8N2O3/c11-4-7(13)5-2-1-3-6-8(5)10(15)12-9(6)14/h1-3H,4,11H2,(H,12,14,15). The number of nitrogens with two attached hydrogens (primary N) is 1. The lowest BCUT2D eigenvalue weighted by molar-refractivity contribution is 0.0874. The fourth-order valence-corrected chi connectivity index (χ4v) is 1.56. The van der Waals surface area contributed by atoms with E-state index in [2.05, 4.69) is 5.32 Å². The number of hydrogen-bond donors (Lipinski definition) is 2. The highest BCUT2D eigenvalue weighted by Gasteiger charge is 2.30. The van der Waals surface area contributed by atoms with Crippen molar-refractivity contribution in [2.75, 3.05) is 6.54 Å². The molecule has 2 amide bonds. The third kappa shape index (κ3) is 1.33. The zero-order valence-corrected chi connectivity index (χ0v) is 7.74. The summed E-state index contributed by atoms with van der Waals surface area (Å²) in [6.45, 7) is -0.183. The first kappa shape index (κ1) is 9.54. The third-order valence-electron chi connectivity index (χ3n) is 2.25. The highest BCUT2D eigenvalue weighted by atomic mass is 16.2. The number of nitrogens with one attached hydrogen (secondary N) is 1. The summed E-state index contributed by atoms with van der Waals surface area (Å²) in [7, 11) is 0. The molecule has 0 bridgehead atoms. The Labute approximate surface area is 85.3 Å². The summed E-state index contributed by atoms with van der Waals surface area (Å²) >= 11 is 0. The molecule has 0 aliphatic carbocycles. The Morgan fingerprint density at radius 2 is 2.00 bits per heavy atom. The molecule has 0 radical (unpaired) electrons. The fraction of sp³-hybridized carbons (Fsp3) is 0.100. The number of benzene rings is 1. The van der Waals surface area contributed by atoms with Crippen molar-refractivity contribution in [2.24, 2.45) is 5.73 Å². The topological polar surface area (TPSA) is 89.3 Å². The minimum Gasteiger partial charge on any atom is -0.324 e. The van der Waals surface area contributed by atoms with Crippen LogP contribution in [-0.4, -0.2) is 24.1 Å². The van der Waals surface area contributed by atoms with Gasteiger partial charge in [0.1, 0.15) is 0 Å². The molecule has 2 rings (SSSR count). The fourth-order valence-electron chi connectivity index (χ4n) is 1.56. The first-order chi connectivity index (χ1) is 7.15. The van der Waals surface area contributed by atoms with Crippen LogP contribution < -0.4 is 11.1 Å². The van der Waals surface area contributed by atoms with Gasteiger partial charge in [-0.05, 0) is 6.07 Å². The number of Topliss-reactive ketones (excluding diaryl/α,β-unsaturated/α-hetero) is 1. The summed E-state index contributed by atoms with van der Waals surface area (Å²) in [6.07, 6.45) is 0.